The fraction of sp³-hybridized carbons (Fsp3) is 0.462. The maximum absolute atomic E-state index is 13.4. The first-order valence-electron chi connectivity index (χ1n) is 5.45. The second-order valence-electron chi connectivity index (χ2n) is 4.12. The van der Waals surface area contributed by atoms with E-state index in [1.165, 1.54) is 7.11 Å². The molecule has 0 aliphatic heterocycles. The van der Waals surface area contributed by atoms with Gasteiger partial charge in [-0.3, -0.25) is 4.79 Å². The van der Waals surface area contributed by atoms with Gasteiger partial charge in [0.2, 0.25) is 0 Å². The third-order valence-electron chi connectivity index (χ3n) is 3.07. The highest BCUT2D eigenvalue weighted by molar-refractivity contribution is 5.88. The fourth-order valence-electron chi connectivity index (χ4n) is 1.49. The molecule has 0 aromatic heterocycles. The van der Waals surface area contributed by atoms with Gasteiger partial charge in [0.15, 0.2) is 5.78 Å². The molecule has 1 aromatic carbocycles. The lowest BCUT2D eigenvalue weighted by Crippen LogP contribution is -2.38. The van der Waals surface area contributed by atoms with E-state index in [2.05, 4.69) is 0 Å². The summed E-state index contributed by atoms with van der Waals surface area (Å²) in [6.07, 6.45) is 0.320. The van der Waals surface area contributed by atoms with Crippen molar-refractivity contribution in [3.63, 3.8) is 0 Å². The minimum Gasteiger partial charge on any atom is -0.371 e. The lowest BCUT2D eigenvalue weighted by atomic mass is 9.92. The van der Waals surface area contributed by atoms with E-state index in [1.807, 2.05) is 6.92 Å². The van der Waals surface area contributed by atoms with Crippen molar-refractivity contribution in [1.82, 2.24) is 0 Å². The van der Waals surface area contributed by atoms with Crippen molar-refractivity contribution in [2.45, 2.75) is 32.3 Å². The topological polar surface area (TPSA) is 26.3 Å². The first-order chi connectivity index (χ1) is 7.92. The molecule has 17 heavy (non-hydrogen) atoms. The van der Waals surface area contributed by atoms with E-state index in [1.54, 1.807) is 6.92 Å². The Kier molecular flexibility index (Phi) is 4.34. The summed E-state index contributed by atoms with van der Waals surface area (Å²) in [4.78, 5) is 11.9. The second kappa shape index (κ2) is 5.36. The molecule has 0 saturated heterocycles. The number of ketones is 1. The van der Waals surface area contributed by atoms with Gasteiger partial charge in [0, 0.05) is 13.5 Å². The van der Waals surface area contributed by atoms with Crippen LogP contribution in [0, 0.1) is 11.6 Å². The van der Waals surface area contributed by atoms with E-state index >= 15 is 0 Å². The molecule has 2 nitrogen and oxygen atoms in total. The van der Waals surface area contributed by atoms with Crippen molar-refractivity contribution < 1.29 is 18.3 Å². The molecule has 0 fully saturated rings. The Morgan fingerprint density at radius 2 is 2.06 bits per heavy atom. The van der Waals surface area contributed by atoms with Crippen LogP contribution >= 0.6 is 0 Å². The molecular formula is C13H16F2O2. The van der Waals surface area contributed by atoms with Gasteiger partial charge >= 0.3 is 0 Å². The SMILES string of the molecule is CCC(C)(OC)C(=O)Cc1cc(F)ccc1F. The van der Waals surface area contributed by atoms with Crippen LogP contribution < -0.4 is 0 Å². The molecule has 4 heteroatoms. The number of carbonyl (C=O) groups excluding carboxylic acids is 1. The number of methoxy groups -OCH3 is 1. The number of carbonyl (C=O) groups is 1. The zero-order valence-electron chi connectivity index (χ0n) is 10.2. The highest BCUT2D eigenvalue weighted by atomic mass is 19.1. The van der Waals surface area contributed by atoms with Crippen LogP contribution in [0.5, 0.6) is 0 Å². The average molecular weight is 242 g/mol. The molecule has 0 spiro atoms. The molecule has 1 atom stereocenters. The van der Waals surface area contributed by atoms with Crippen LogP contribution in [0.3, 0.4) is 0 Å². The van der Waals surface area contributed by atoms with Gasteiger partial charge in [-0.05, 0) is 37.1 Å². The molecule has 94 valence electrons. The first-order valence-corrected chi connectivity index (χ1v) is 5.45. The molecule has 1 rings (SSSR count). The number of halogens is 2. The molecule has 0 amide bonds. The predicted octanol–water partition coefficient (Wildman–Crippen LogP) is 2.89. The van der Waals surface area contributed by atoms with Gasteiger partial charge in [-0.1, -0.05) is 6.92 Å². The van der Waals surface area contributed by atoms with Gasteiger partial charge in [-0.2, -0.15) is 0 Å². The van der Waals surface area contributed by atoms with Gasteiger partial charge in [0.1, 0.15) is 17.2 Å². The van der Waals surface area contributed by atoms with Crippen LogP contribution in [0.1, 0.15) is 25.8 Å². The average Bonchev–Trinajstić information content (AvgIpc) is 2.32. The van der Waals surface area contributed by atoms with E-state index in [0.717, 1.165) is 18.2 Å². The largest absolute Gasteiger partial charge is 0.371 e. The predicted molar refractivity (Wildman–Crippen MR) is 60.8 cm³/mol. The Morgan fingerprint density at radius 3 is 2.59 bits per heavy atom. The lowest BCUT2D eigenvalue weighted by molar-refractivity contribution is -0.138. The maximum Gasteiger partial charge on any atom is 0.168 e. The van der Waals surface area contributed by atoms with Crippen LogP contribution in [0.15, 0.2) is 18.2 Å². The van der Waals surface area contributed by atoms with E-state index < -0.39 is 17.2 Å². The Morgan fingerprint density at radius 1 is 1.41 bits per heavy atom. The highest BCUT2D eigenvalue weighted by Crippen LogP contribution is 2.19. The van der Waals surface area contributed by atoms with Crippen LogP contribution in [0.2, 0.25) is 0 Å². The summed E-state index contributed by atoms with van der Waals surface area (Å²) in [7, 11) is 1.43. The standard InChI is InChI=1S/C13H16F2O2/c1-4-13(2,17-3)12(16)8-9-7-10(14)5-6-11(9)15/h5-7H,4,8H2,1-3H3. The lowest BCUT2D eigenvalue weighted by Gasteiger charge is -2.24. The Bertz CT molecular complexity index is 412. The van der Waals surface area contributed by atoms with Gasteiger partial charge in [-0.25, -0.2) is 8.78 Å². The zero-order chi connectivity index (χ0) is 13.1. The van der Waals surface area contributed by atoms with E-state index in [4.69, 9.17) is 4.74 Å². The molecule has 0 radical (unpaired) electrons. The van der Waals surface area contributed by atoms with E-state index in [9.17, 15) is 13.6 Å². The maximum atomic E-state index is 13.4. The first kappa shape index (κ1) is 13.8. The summed E-state index contributed by atoms with van der Waals surface area (Å²) < 4.78 is 31.4. The van der Waals surface area contributed by atoms with Gasteiger partial charge < -0.3 is 4.74 Å². The fourth-order valence-corrected chi connectivity index (χ4v) is 1.49. The van der Waals surface area contributed by atoms with Crippen LogP contribution in [-0.4, -0.2) is 18.5 Å². The molecule has 1 aromatic rings. The van der Waals surface area contributed by atoms with Crippen molar-refractivity contribution in [3.05, 3.63) is 35.4 Å². The molecule has 0 bridgehead atoms. The number of Topliss-reactive ketones (excluding diaryl/α,β-unsaturated/α-hetero) is 1. The Hall–Kier alpha value is -1.29. The molecule has 0 aliphatic rings. The Balaban J connectivity index is 2.91. The third kappa shape index (κ3) is 3.09. The minimum absolute atomic E-state index is 0.0618. The van der Waals surface area contributed by atoms with Gasteiger partial charge in [0.25, 0.3) is 0 Å². The van der Waals surface area contributed by atoms with Crippen molar-refractivity contribution in [2.24, 2.45) is 0 Å². The highest BCUT2D eigenvalue weighted by Gasteiger charge is 2.31. The van der Waals surface area contributed by atoms with Crippen molar-refractivity contribution >= 4 is 5.78 Å². The quantitative estimate of drug-likeness (QED) is 0.793. The molecule has 1 unspecified atom stereocenters. The Labute approximate surface area is 99.6 Å². The number of ether oxygens (including phenoxy) is 1. The van der Waals surface area contributed by atoms with Crippen molar-refractivity contribution in [2.75, 3.05) is 7.11 Å². The summed E-state index contributed by atoms with van der Waals surface area (Å²) in [6, 6.07) is 3.09. The van der Waals surface area contributed by atoms with Crippen LogP contribution in [-0.2, 0) is 16.0 Å². The van der Waals surface area contributed by atoms with Gasteiger partial charge in [0.05, 0.1) is 0 Å². The number of benzene rings is 1. The van der Waals surface area contributed by atoms with Gasteiger partial charge in [-0.15, -0.1) is 0 Å². The minimum atomic E-state index is -0.946. The van der Waals surface area contributed by atoms with E-state index in [0.29, 0.717) is 6.42 Å². The number of hydrogen-bond acceptors (Lipinski definition) is 2. The molecule has 0 heterocycles. The number of hydrogen-bond donors (Lipinski definition) is 0. The van der Waals surface area contributed by atoms with Crippen LogP contribution in [0.4, 0.5) is 8.78 Å². The van der Waals surface area contributed by atoms with Crippen LogP contribution in [0.25, 0.3) is 0 Å². The molecular weight excluding hydrogens is 226 g/mol. The van der Waals surface area contributed by atoms with Crippen molar-refractivity contribution in [1.29, 1.82) is 0 Å². The number of rotatable bonds is 5. The summed E-state index contributed by atoms with van der Waals surface area (Å²) >= 11 is 0. The van der Waals surface area contributed by atoms with E-state index in [-0.39, 0.29) is 17.8 Å². The van der Waals surface area contributed by atoms with Crippen molar-refractivity contribution in [3.8, 4) is 0 Å². The molecule has 0 N–H and O–H groups in total. The monoisotopic (exact) mass is 242 g/mol. The smallest absolute Gasteiger partial charge is 0.168 e. The third-order valence-corrected chi connectivity index (χ3v) is 3.07. The summed E-state index contributed by atoms with van der Waals surface area (Å²) in [5, 5.41) is 0. The second-order valence-corrected chi connectivity index (χ2v) is 4.12. The molecule has 0 aliphatic carbocycles. The summed E-state index contributed by atoms with van der Waals surface area (Å²) in [6.45, 7) is 3.45. The zero-order valence-corrected chi connectivity index (χ0v) is 10.2. The molecule has 0 saturated carbocycles. The normalized spacial score (nSPS) is 14.4. The summed E-state index contributed by atoms with van der Waals surface area (Å²) in [5.74, 6) is -1.38. The summed E-state index contributed by atoms with van der Waals surface area (Å²) in [5.41, 5.74) is -0.884.